The lowest BCUT2D eigenvalue weighted by atomic mass is 10.0. The molecule has 0 aliphatic heterocycles. The van der Waals surface area contributed by atoms with Crippen LogP contribution in [-0.4, -0.2) is 12.3 Å². The Hall–Kier alpha value is -0.740. The number of rotatable bonds is 2. The standard InChI is InChI=1S/C10H11BrFNO/c1-5-7(9(14)4-13)3-8(12)6(2)10(5)11/h3H,4,13H2,1-2H3. The molecule has 4 heteroatoms. The van der Waals surface area contributed by atoms with Crippen LogP contribution in [0.1, 0.15) is 21.5 Å². The molecule has 0 aromatic heterocycles. The van der Waals surface area contributed by atoms with Gasteiger partial charge in [0.15, 0.2) is 5.78 Å². The maximum Gasteiger partial charge on any atom is 0.176 e. The summed E-state index contributed by atoms with van der Waals surface area (Å²) in [5, 5.41) is 0. The van der Waals surface area contributed by atoms with Gasteiger partial charge in [0.25, 0.3) is 0 Å². The summed E-state index contributed by atoms with van der Waals surface area (Å²) in [6, 6.07) is 1.24. The summed E-state index contributed by atoms with van der Waals surface area (Å²) in [6.45, 7) is 3.32. The fraction of sp³-hybridized carbons (Fsp3) is 0.300. The van der Waals surface area contributed by atoms with Crippen molar-refractivity contribution in [1.82, 2.24) is 0 Å². The largest absolute Gasteiger partial charge is 0.324 e. The van der Waals surface area contributed by atoms with Crippen LogP contribution in [0.3, 0.4) is 0 Å². The van der Waals surface area contributed by atoms with E-state index >= 15 is 0 Å². The molecule has 0 fully saturated rings. The Morgan fingerprint density at radius 1 is 1.50 bits per heavy atom. The summed E-state index contributed by atoms with van der Waals surface area (Å²) >= 11 is 3.25. The second-order valence-electron chi connectivity index (χ2n) is 3.10. The minimum Gasteiger partial charge on any atom is -0.324 e. The van der Waals surface area contributed by atoms with Gasteiger partial charge in [-0.3, -0.25) is 4.79 Å². The Morgan fingerprint density at radius 3 is 2.57 bits per heavy atom. The van der Waals surface area contributed by atoms with Gasteiger partial charge >= 0.3 is 0 Å². The number of hydrogen-bond donors (Lipinski definition) is 1. The van der Waals surface area contributed by atoms with E-state index in [1.165, 1.54) is 6.07 Å². The number of nitrogens with two attached hydrogens (primary N) is 1. The molecular weight excluding hydrogens is 249 g/mol. The third-order valence-corrected chi connectivity index (χ3v) is 3.37. The second kappa shape index (κ2) is 4.19. The fourth-order valence-corrected chi connectivity index (χ4v) is 1.65. The average molecular weight is 260 g/mol. The normalized spacial score (nSPS) is 10.4. The molecule has 2 nitrogen and oxygen atoms in total. The zero-order chi connectivity index (χ0) is 10.9. The van der Waals surface area contributed by atoms with Crippen LogP contribution >= 0.6 is 15.9 Å². The Labute approximate surface area is 90.4 Å². The molecule has 0 unspecified atom stereocenters. The molecule has 0 atom stereocenters. The van der Waals surface area contributed by atoms with Gasteiger partial charge in [0.05, 0.1) is 6.54 Å². The molecular formula is C10H11BrFNO. The molecule has 0 saturated heterocycles. The van der Waals surface area contributed by atoms with Gasteiger partial charge in [-0.05, 0) is 31.0 Å². The van der Waals surface area contributed by atoms with Crippen molar-refractivity contribution in [2.75, 3.05) is 6.54 Å². The van der Waals surface area contributed by atoms with E-state index < -0.39 is 0 Å². The molecule has 2 N–H and O–H groups in total. The molecule has 1 aromatic carbocycles. The van der Waals surface area contributed by atoms with Crippen molar-refractivity contribution in [3.8, 4) is 0 Å². The molecule has 0 aliphatic rings. The number of ketones is 1. The minimum absolute atomic E-state index is 0.101. The Balaban J connectivity index is 3.40. The van der Waals surface area contributed by atoms with Gasteiger partial charge in [0.1, 0.15) is 5.82 Å². The predicted octanol–water partition coefficient (Wildman–Crippen LogP) is 2.35. The molecule has 0 spiro atoms. The number of carbonyl (C=O) groups is 1. The van der Waals surface area contributed by atoms with Gasteiger partial charge in [-0.1, -0.05) is 15.9 Å². The number of Topliss-reactive ketones (excluding diaryl/α,β-unsaturated/α-hetero) is 1. The van der Waals surface area contributed by atoms with Crippen LogP contribution < -0.4 is 5.73 Å². The van der Waals surface area contributed by atoms with E-state index in [1.807, 2.05) is 0 Å². The van der Waals surface area contributed by atoms with Gasteiger partial charge in [0, 0.05) is 10.0 Å². The number of benzene rings is 1. The lowest BCUT2D eigenvalue weighted by molar-refractivity contribution is 0.100. The SMILES string of the molecule is Cc1c(F)cc(C(=O)CN)c(C)c1Br. The van der Waals surface area contributed by atoms with Crippen molar-refractivity contribution in [3.63, 3.8) is 0 Å². The first-order valence-corrected chi connectivity index (χ1v) is 4.96. The van der Waals surface area contributed by atoms with E-state index in [2.05, 4.69) is 15.9 Å². The molecule has 1 aromatic rings. The highest BCUT2D eigenvalue weighted by atomic mass is 79.9. The lowest BCUT2D eigenvalue weighted by Crippen LogP contribution is -2.15. The molecule has 0 saturated carbocycles. The highest BCUT2D eigenvalue weighted by molar-refractivity contribution is 9.10. The summed E-state index contributed by atoms with van der Waals surface area (Å²) in [7, 11) is 0. The van der Waals surface area contributed by atoms with Crippen molar-refractivity contribution < 1.29 is 9.18 Å². The molecule has 14 heavy (non-hydrogen) atoms. The summed E-state index contributed by atoms with van der Waals surface area (Å²) in [6.07, 6.45) is 0. The van der Waals surface area contributed by atoms with Crippen molar-refractivity contribution in [2.24, 2.45) is 5.73 Å². The first kappa shape index (κ1) is 11.3. The molecule has 0 bridgehead atoms. The topological polar surface area (TPSA) is 43.1 Å². The quantitative estimate of drug-likeness (QED) is 0.829. The van der Waals surface area contributed by atoms with Crippen molar-refractivity contribution >= 4 is 21.7 Å². The first-order chi connectivity index (χ1) is 6.49. The summed E-state index contributed by atoms with van der Waals surface area (Å²) in [5.74, 6) is -0.638. The molecule has 1 rings (SSSR count). The first-order valence-electron chi connectivity index (χ1n) is 4.17. The van der Waals surface area contributed by atoms with Crippen molar-refractivity contribution in [1.29, 1.82) is 0 Å². The second-order valence-corrected chi connectivity index (χ2v) is 3.89. The van der Waals surface area contributed by atoms with Gasteiger partial charge < -0.3 is 5.73 Å². The van der Waals surface area contributed by atoms with Gasteiger partial charge in [-0.2, -0.15) is 0 Å². The Morgan fingerprint density at radius 2 is 2.07 bits per heavy atom. The number of hydrogen-bond acceptors (Lipinski definition) is 2. The van der Waals surface area contributed by atoms with Crippen LogP contribution in [0.4, 0.5) is 4.39 Å². The number of carbonyl (C=O) groups excluding carboxylic acids is 1. The Kier molecular flexibility index (Phi) is 3.39. The van der Waals surface area contributed by atoms with Gasteiger partial charge in [-0.15, -0.1) is 0 Å². The zero-order valence-corrected chi connectivity index (χ0v) is 9.61. The lowest BCUT2D eigenvalue weighted by Gasteiger charge is -2.09. The summed E-state index contributed by atoms with van der Waals surface area (Å²) in [4.78, 5) is 11.3. The third kappa shape index (κ3) is 1.86. The zero-order valence-electron chi connectivity index (χ0n) is 8.03. The van der Waals surface area contributed by atoms with Crippen LogP contribution in [-0.2, 0) is 0 Å². The van der Waals surface area contributed by atoms with Crippen molar-refractivity contribution in [2.45, 2.75) is 13.8 Å². The average Bonchev–Trinajstić information content (AvgIpc) is 2.19. The van der Waals surface area contributed by atoms with Gasteiger partial charge in [0.2, 0.25) is 0 Å². The minimum atomic E-state index is -0.390. The van der Waals surface area contributed by atoms with Gasteiger partial charge in [-0.25, -0.2) is 4.39 Å². The van der Waals surface area contributed by atoms with E-state index in [-0.39, 0.29) is 18.1 Å². The van der Waals surface area contributed by atoms with E-state index in [0.29, 0.717) is 15.6 Å². The Bertz CT molecular complexity index is 390. The van der Waals surface area contributed by atoms with E-state index in [9.17, 15) is 9.18 Å². The highest BCUT2D eigenvalue weighted by Crippen LogP contribution is 2.26. The van der Waals surface area contributed by atoms with E-state index in [4.69, 9.17) is 5.73 Å². The predicted molar refractivity (Wildman–Crippen MR) is 57.0 cm³/mol. The molecule has 0 heterocycles. The highest BCUT2D eigenvalue weighted by Gasteiger charge is 2.14. The summed E-state index contributed by atoms with van der Waals surface area (Å²) < 4.78 is 13.9. The maximum atomic E-state index is 13.3. The van der Waals surface area contributed by atoms with Crippen LogP contribution in [0.15, 0.2) is 10.5 Å². The van der Waals surface area contributed by atoms with E-state index in [0.717, 1.165) is 5.56 Å². The van der Waals surface area contributed by atoms with Crippen molar-refractivity contribution in [3.05, 3.63) is 33.0 Å². The van der Waals surface area contributed by atoms with E-state index in [1.54, 1.807) is 13.8 Å². The molecule has 0 amide bonds. The van der Waals surface area contributed by atoms with Crippen LogP contribution in [0.5, 0.6) is 0 Å². The smallest absolute Gasteiger partial charge is 0.176 e. The maximum absolute atomic E-state index is 13.3. The fourth-order valence-electron chi connectivity index (χ4n) is 1.25. The molecule has 0 radical (unpaired) electrons. The van der Waals surface area contributed by atoms with Crippen LogP contribution in [0.2, 0.25) is 0 Å². The van der Waals surface area contributed by atoms with Crippen LogP contribution in [0.25, 0.3) is 0 Å². The van der Waals surface area contributed by atoms with Crippen LogP contribution in [0, 0.1) is 19.7 Å². The molecule has 76 valence electrons. The number of halogens is 2. The molecule has 0 aliphatic carbocycles. The summed E-state index contributed by atoms with van der Waals surface area (Å²) in [5.41, 5.74) is 6.82. The third-order valence-electron chi connectivity index (χ3n) is 2.18. The monoisotopic (exact) mass is 259 g/mol.